The van der Waals surface area contributed by atoms with Crippen molar-refractivity contribution in [2.24, 2.45) is 0 Å². The Labute approximate surface area is 242 Å². The quantitative estimate of drug-likeness (QED) is 0.209. The molecule has 204 valence electrons. The molecule has 7 aromatic rings. The molecule has 0 fully saturated rings. The first kappa shape index (κ1) is 25.7. The van der Waals surface area contributed by atoms with Gasteiger partial charge in [0.1, 0.15) is 0 Å². The van der Waals surface area contributed by atoms with Crippen molar-refractivity contribution >= 4 is 43.6 Å². The molecule has 0 atom stereocenters. The average molecular weight is 535 g/mol. The van der Waals surface area contributed by atoms with Crippen molar-refractivity contribution in [2.45, 2.75) is 59.3 Å². The molecule has 0 unspecified atom stereocenters. The molecule has 0 N–H and O–H groups in total. The molecule has 2 nitrogen and oxygen atoms in total. The molecule has 7 rings (SSSR count). The van der Waals surface area contributed by atoms with Crippen molar-refractivity contribution < 1.29 is 0 Å². The number of benzene rings is 5. The van der Waals surface area contributed by atoms with Crippen LogP contribution in [0, 0.1) is 6.92 Å². The third-order valence-corrected chi connectivity index (χ3v) is 8.79. The topological polar surface area (TPSA) is 9.86 Å². The summed E-state index contributed by atoms with van der Waals surface area (Å²) in [6, 6.07) is 38.3. The molecule has 0 aliphatic carbocycles. The number of hydrogen-bond donors (Lipinski definition) is 0. The highest BCUT2D eigenvalue weighted by molar-refractivity contribution is 6.13. The lowest BCUT2D eigenvalue weighted by Gasteiger charge is -2.27. The monoisotopic (exact) mass is 534 g/mol. The summed E-state index contributed by atoms with van der Waals surface area (Å²) >= 11 is 0. The smallest absolute Gasteiger partial charge is 0.0591 e. The second-order valence-electron chi connectivity index (χ2n) is 13.6. The maximum absolute atomic E-state index is 2.52. The first-order chi connectivity index (χ1) is 19.5. The van der Waals surface area contributed by atoms with E-state index in [1.165, 1.54) is 71.7 Å². The van der Waals surface area contributed by atoms with Gasteiger partial charge >= 0.3 is 0 Å². The molecule has 2 aromatic heterocycles. The van der Waals surface area contributed by atoms with Crippen molar-refractivity contribution in [3.05, 3.63) is 120 Å². The molecule has 0 spiro atoms. The van der Waals surface area contributed by atoms with Gasteiger partial charge in [-0.15, -0.1) is 0 Å². The molecule has 2 heteroatoms. The predicted molar refractivity (Wildman–Crippen MR) is 177 cm³/mol. The van der Waals surface area contributed by atoms with Crippen molar-refractivity contribution in [1.29, 1.82) is 0 Å². The Morgan fingerprint density at radius 1 is 0.463 bits per heavy atom. The summed E-state index contributed by atoms with van der Waals surface area (Å²) in [5.74, 6) is 0. The summed E-state index contributed by atoms with van der Waals surface area (Å²) in [4.78, 5) is 0. The minimum atomic E-state index is 0.0396. The maximum Gasteiger partial charge on any atom is 0.0591 e. The van der Waals surface area contributed by atoms with E-state index in [-0.39, 0.29) is 10.8 Å². The van der Waals surface area contributed by atoms with Gasteiger partial charge in [-0.25, -0.2) is 0 Å². The lowest BCUT2D eigenvalue weighted by Crippen LogP contribution is -2.17. The van der Waals surface area contributed by atoms with Crippen LogP contribution in [-0.2, 0) is 10.8 Å². The van der Waals surface area contributed by atoms with E-state index in [1.54, 1.807) is 0 Å². The standard InChI is InChI=1S/C39H38N2/c1-25-33(41-35-18-12-8-14-29(35)30-15-9-13-19-36(30)41)21-20-32-31-16-10-11-17-34(31)40(37(25)32)28-23-26(38(2,3)4)22-27(24-28)39(5,6)7/h8-24H,1-7H3. The van der Waals surface area contributed by atoms with Crippen LogP contribution in [0.1, 0.15) is 58.2 Å². The fraction of sp³-hybridized carbons (Fsp3) is 0.231. The third-order valence-electron chi connectivity index (χ3n) is 8.79. The van der Waals surface area contributed by atoms with Crippen LogP contribution >= 0.6 is 0 Å². The molecular formula is C39H38N2. The van der Waals surface area contributed by atoms with Gasteiger partial charge in [-0.05, 0) is 70.8 Å². The highest BCUT2D eigenvalue weighted by Crippen LogP contribution is 2.40. The normalized spacial score (nSPS) is 12.8. The van der Waals surface area contributed by atoms with Crippen LogP contribution in [0.25, 0.3) is 55.0 Å². The van der Waals surface area contributed by atoms with Crippen LogP contribution in [0.2, 0.25) is 0 Å². The van der Waals surface area contributed by atoms with E-state index in [0.717, 1.165) is 0 Å². The Morgan fingerprint density at radius 2 is 0.902 bits per heavy atom. The molecule has 41 heavy (non-hydrogen) atoms. The molecule has 0 aliphatic rings. The van der Waals surface area contributed by atoms with E-state index < -0.39 is 0 Å². The molecule has 0 saturated carbocycles. The van der Waals surface area contributed by atoms with Crippen LogP contribution in [0.4, 0.5) is 0 Å². The summed E-state index contributed by atoms with van der Waals surface area (Å²) in [5, 5.41) is 5.16. The largest absolute Gasteiger partial charge is 0.309 e. The molecule has 0 aliphatic heterocycles. The van der Waals surface area contributed by atoms with Crippen LogP contribution in [0.3, 0.4) is 0 Å². The lowest BCUT2D eigenvalue weighted by atomic mass is 9.80. The molecular weight excluding hydrogens is 496 g/mol. The molecule has 0 saturated heterocycles. The van der Waals surface area contributed by atoms with E-state index in [4.69, 9.17) is 0 Å². The van der Waals surface area contributed by atoms with Gasteiger partial charge in [0.15, 0.2) is 0 Å². The van der Waals surface area contributed by atoms with Crippen molar-refractivity contribution in [1.82, 2.24) is 9.13 Å². The van der Waals surface area contributed by atoms with E-state index in [1.807, 2.05) is 0 Å². The fourth-order valence-electron chi connectivity index (χ4n) is 6.51. The van der Waals surface area contributed by atoms with Gasteiger partial charge in [0.05, 0.1) is 27.8 Å². The highest BCUT2D eigenvalue weighted by Gasteiger charge is 2.24. The highest BCUT2D eigenvalue weighted by atomic mass is 15.0. The van der Waals surface area contributed by atoms with Crippen LogP contribution in [0.5, 0.6) is 0 Å². The average Bonchev–Trinajstić information content (AvgIpc) is 3.46. The number of aromatic nitrogens is 2. The zero-order valence-electron chi connectivity index (χ0n) is 25.2. The Balaban J connectivity index is 1.62. The number of rotatable bonds is 2. The van der Waals surface area contributed by atoms with Gasteiger partial charge in [-0.1, -0.05) is 108 Å². The number of aryl methyl sites for hydroxylation is 1. The summed E-state index contributed by atoms with van der Waals surface area (Å²) in [6.07, 6.45) is 0. The Bertz CT molecular complexity index is 2030. The van der Waals surface area contributed by atoms with Crippen molar-refractivity contribution in [3.63, 3.8) is 0 Å². The third kappa shape index (κ3) is 3.92. The van der Waals surface area contributed by atoms with Gasteiger partial charge in [-0.3, -0.25) is 0 Å². The summed E-state index contributed by atoms with van der Waals surface area (Å²) < 4.78 is 4.97. The lowest BCUT2D eigenvalue weighted by molar-refractivity contribution is 0.568. The Kier molecular flexibility index (Phi) is 5.54. The molecule has 0 bridgehead atoms. The van der Waals surface area contributed by atoms with Gasteiger partial charge in [0.25, 0.3) is 0 Å². The minimum Gasteiger partial charge on any atom is -0.309 e. The van der Waals surface area contributed by atoms with Crippen LogP contribution in [-0.4, -0.2) is 9.13 Å². The number of nitrogens with zero attached hydrogens (tertiary/aromatic N) is 2. The summed E-state index contributed by atoms with van der Waals surface area (Å²) in [6.45, 7) is 16.2. The number of fused-ring (bicyclic) bond motifs is 6. The fourth-order valence-corrected chi connectivity index (χ4v) is 6.51. The van der Waals surface area contributed by atoms with Crippen LogP contribution < -0.4 is 0 Å². The van der Waals surface area contributed by atoms with Crippen LogP contribution in [0.15, 0.2) is 103 Å². The van der Waals surface area contributed by atoms with E-state index in [9.17, 15) is 0 Å². The molecule has 2 heterocycles. The SMILES string of the molecule is Cc1c(-n2c3ccccc3c3ccccc32)ccc2c3ccccc3n(-c3cc(C(C)(C)C)cc(C(C)(C)C)c3)c12. The Hall–Kier alpha value is -4.30. The first-order valence-corrected chi connectivity index (χ1v) is 14.7. The molecule has 5 aromatic carbocycles. The predicted octanol–water partition coefficient (Wildman–Crippen LogP) is 10.8. The summed E-state index contributed by atoms with van der Waals surface area (Å²) in [5.41, 5.74) is 11.5. The first-order valence-electron chi connectivity index (χ1n) is 14.7. The second-order valence-corrected chi connectivity index (χ2v) is 13.6. The van der Waals surface area contributed by atoms with Gasteiger partial charge in [0.2, 0.25) is 0 Å². The molecule has 0 radical (unpaired) electrons. The minimum absolute atomic E-state index is 0.0396. The molecule has 0 amide bonds. The number of hydrogen-bond acceptors (Lipinski definition) is 0. The van der Waals surface area contributed by atoms with E-state index in [2.05, 4.69) is 161 Å². The van der Waals surface area contributed by atoms with E-state index >= 15 is 0 Å². The number of para-hydroxylation sites is 3. The summed E-state index contributed by atoms with van der Waals surface area (Å²) in [7, 11) is 0. The zero-order chi connectivity index (χ0) is 28.7. The van der Waals surface area contributed by atoms with Gasteiger partial charge < -0.3 is 9.13 Å². The van der Waals surface area contributed by atoms with Gasteiger partial charge in [-0.2, -0.15) is 0 Å². The van der Waals surface area contributed by atoms with E-state index in [0.29, 0.717) is 0 Å². The maximum atomic E-state index is 2.52. The Morgan fingerprint density at radius 3 is 1.39 bits per heavy atom. The van der Waals surface area contributed by atoms with Gasteiger partial charge in [0, 0.05) is 27.2 Å². The van der Waals surface area contributed by atoms with Crippen molar-refractivity contribution in [2.75, 3.05) is 0 Å². The van der Waals surface area contributed by atoms with Crippen molar-refractivity contribution in [3.8, 4) is 11.4 Å². The zero-order valence-corrected chi connectivity index (χ0v) is 25.2. The second kappa shape index (κ2) is 8.85.